The van der Waals surface area contributed by atoms with Gasteiger partial charge >= 0.3 is 0 Å². The molecule has 1 aromatic rings. The second-order valence-corrected chi connectivity index (χ2v) is 5.43. The van der Waals surface area contributed by atoms with Crippen molar-refractivity contribution in [1.82, 2.24) is 5.32 Å². The number of carbonyl (C=O) groups is 1. The van der Waals surface area contributed by atoms with Gasteiger partial charge in [0.2, 0.25) is 0 Å². The van der Waals surface area contributed by atoms with Gasteiger partial charge in [-0.2, -0.15) is 5.26 Å². The molecule has 1 aromatic carbocycles. The summed E-state index contributed by atoms with van der Waals surface area (Å²) in [5.74, 6) is 0.416. The minimum absolute atomic E-state index is 0.0638. The molecule has 5 heteroatoms. The number of benzene rings is 1. The van der Waals surface area contributed by atoms with Crippen LogP contribution in [0.2, 0.25) is 0 Å². The van der Waals surface area contributed by atoms with Gasteiger partial charge in [-0.1, -0.05) is 19.1 Å². The monoisotopic (exact) mass is 314 g/mol. The molecule has 1 N–H and O–H groups in total. The zero-order valence-electron chi connectivity index (χ0n) is 13.4. The Labute approximate surface area is 136 Å². The Morgan fingerprint density at radius 2 is 2.26 bits per heavy atom. The molecule has 2 rings (SSSR count). The van der Waals surface area contributed by atoms with Crippen molar-refractivity contribution in [3.63, 3.8) is 0 Å². The highest BCUT2D eigenvalue weighted by Crippen LogP contribution is 2.15. The van der Waals surface area contributed by atoms with Crippen molar-refractivity contribution in [3.8, 4) is 11.8 Å². The fourth-order valence-corrected chi connectivity index (χ4v) is 2.30. The molecule has 1 amide bonds. The molecule has 0 saturated carbocycles. The topological polar surface area (TPSA) is 71.3 Å². The highest BCUT2D eigenvalue weighted by molar-refractivity contribution is 6.01. The Morgan fingerprint density at radius 1 is 1.48 bits per heavy atom. The molecular weight excluding hydrogens is 292 g/mol. The van der Waals surface area contributed by atoms with E-state index in [1.165, 1.54) is 0 Å². The number of carbonyl (C=O) groups excluding carboxylic acids is 1. The van der Waals surface area contributed by atoms with Crippen molar-refractivity contribution in [2.24, 2.45) is 0 Å². The van der Waals surface area contributed by atoms with Gasteiger partial charge in [0.1, 0.15) is 17.4 Å². The van der Waals surface area contributed by atoms with Gasteiger partial charge in [0.05, 0.1) is 12.7 Å². The molecule has 1 heterocycles. The molecule has 122 valence electrons. The molecule has 1 aliphatic heterocycles. The van der Waals surface area contributed by atoms with Crippen LogP contribution in [0.15, 0.2) is 29.8 Å². The number of hydrogen-bond acceptors (Lipinski definition) is 4. The summed E-state index contributed by atoms with van der Waals surface area (Å²) in [4.78, 5) is 12.1. The van der Waals surface area contributed by atoms with Gasteiger partial charge in [-0.05, 0) is 43.0 Å². The summed E-state index contributed by atoms with van der Waals surface area (Å²) in [6, 6.07) is 9.28. The van der Waals surface area contributed by atoms with Crippen LogP contribution in [-0.2, 0) is 9.53 Å². The lowest BCUT2D eigenvalue weighted by Gasteiger charge is -2.10. The van der Waals surface area contributed by atoms with Crippen molar-refractivity contribution >= 4 is 12.0 Å². The molecule has 0 aromatic heterocycles. The molecule has 0 radical (unpaired) electrons. The second kappa shape index (κ2) is 8.96. The first-order valence-corrected chi connectivity index (χ1v) is 7.97. The highest BCUT2D eigenvalue weighted by Gasteiger charge is 2.17. The SMILES string of the molecule is CCCOc1ccc(/C=C(\C#N)C(=O)NC[C@H]2CCCO2)cc1. The zero-order chi connectivity index (χ0) is 16.5. The van der Waals surface area contributed by atoms with E-state index in [1.807, 2.05) is 37.3 Å². The molecule has 1 fully saturated rings. The third-order valence-corrected chi connectivity index (χ3v) is 3.54. The largest absolute Gasteiger partial charge is 0.494 e. The predicted molar refractivity (Wildman–Crippen MR) is 87.8 cm³/mol. The lowest BCUT2D eigenvalue weighted by molar-refractivity contribution is -0.117. The maximum Gasteiger partial charge on any atom is 0.262 e. The fourth-order valence-electron chi connectivity index (χ4n) is 2.30. The maximum absolute atomic E-state index is 12.1. The van der Waals surface area contributed by atoms with E-state index in [-0.39, 0.29) is 17.6 Å². The van der Waals surface area contributed by atoms with Gasteiger partial charge in [-0.3, -0.25) is 4.79 Å². The number of rotatable bonds is 7. The van der Waals surface area contributed by atoms with Crippen molar-refractivity contribution in [2.75, 3.05) is 19.8 Å². The molecule has 23 heavy (non-hydrogen) atoms. The first kappa shape index (κ1) is 17.0. The Bertz CT molecular complexity index is 581. The van der Waals surface area contributed by atoms with Crippen LogP contribution in [0.1, 0.15) is 31.7 Å². The standard InChI is InChI=1S/C18H22N2O3/c1-2-9-22-16-7-5-14(6-8-16)11-15(12-19)18(21)20-13-17-4-3-10-23-17/h5-8,11,17H,2-4,9-10,13H2,1H3,(H,20,21)/b15-11+/t17-/m1/s1. The van der Waals surface area contributed by atoms with E-state index in [4.69, 9.17) is 9.47 Å². The average molecular weight is 314 g/mol. The van der Waals surface area contributed by atoms with E-state index in [0.29, 0.717) is 13.2 Å². The van der Waals surface area contributed by atoms with E-state index < -0.39 is 0 Å². The third-order valence-electron chi connectivity index (χ3n) is 3.54. The van der Waals surface area contributed by atoms with Crippen LogP contribution in [0.4, 0.5) is 0 Å². The van der Waals surface area contributed by atoms with Gasteiger partial charge in [-0.25, -0.2) is 0 Å². The molecule has 0 spiro atoms. The number of nitriles is 1. The molecule has 0 bridgehead atoms. The molecule has 1 atom stereocenters. The van der Waals surface area contributed by atoms with E-state index in [2.05, 4.69) is 5.32 Å². The molecular formula is C18H22N2O3. The zero-order valence-corrected chi connectivity index (χ0v) is 13.4. The van der Waals surface area contributed by atoms with Crippen LogP contribution in [0, 0.1) is 11.3 Å². The number of hydrogen-bond donors (Lipinski definition) is 1. The van der Waals surface area contributed by atoms with Crippen LogP contribution in [0.25, 0.3) is 6.08 Å². The average Bonchev–Trinajstić information content (AvgIpc) is 3.10. The fraction of sp³-hybridized carbons (Fsp3) is 0.444. The number of ether oxygens (including phenoxy) is 2. The highest BCUT2D eigenvalue weighted by atomic mass is 16.5. The van der Waals surface area contributed by atoms with Crippen LogP contribution in [0.3, 0.4) is 0 Å². The summed E-state index contributed by atoms with van der Waals surface area (Å²) in [6.07, 6.45) is 4.56. The molecule has 1 aliphatic rings. The van der Waals surface area contributed by atoms with Gasteiger partial charge in [0.15, 0.2) is 0 Å². The smallest absolute Gasteiger partial charge is 0.262 e. The van der Waals surface area contributed by atoms with Gasteiger partial charge in [0, 0.05) is 13.2 Å². The summed E-state index contributed by atoms with van der Waals surface area (Å²) >= 11 is 0. The van der Waals surface area contributed by atoms with Gasteiger partial charge in [0.25, 0.3) is 5.91 Å². The van der Waals surface area contributed by atoms with Crippen molar-refractivity contribution in [2.45, 2.75) is 32.3 Å². The Hall–Kier alpha value is -2.32. The molecule has 1 saturated heterocycles. The number of nitrogens with zero attached hydrogens (tertiary/aromatic N) is 1. The van der Waals surface area contributed by atoms with E-state index >= 15 is 0 Å². The van der Waals surface area contributed by atoms with E-state index in [0.717, 1.165) is 37.2 Å². The summed E-state index contributed by atoms with van der Waals surface area (Å²) in [6.45, 7) is 3.91. The summed E-state index contributed by atoms with van der Waals surface area (Å²) in [5, 5.41) is 11.9. The summed E-state index contributed by atoms with van der Waals surface area (Å²) in [5.41, 5.74) is 0.878. The van der Waals surface area contributed by atoms with Gasteiger partial charge < -0.3 is 14.8 Å². The van der Waals surface area contributed by atoms with E-state index in [1.54, 1.807) is 6.08 Å². The molecule has 5 nitrogen and oxygen atoms in total. The molecule has 0 unspecified atom stereocenters. The lowest BCUT2D eigenvalue weighted by atomic mass is 10.1. The lowest BCUT2D eigenvalue weighted by Crippen LogP contribution is -2.32. The first-order valence-electron chi connectivity index (χ1n) is 7.97. The Kier molecular flexibility index (Phi) is 6.64. The van der Waals surface area contributed by atoms with Crippen molar-refractivity contribution in [1.29, 1.82) is 5.26 Å². The number of amides is 1. The van der Waals surface area contributed by atoms with Crippen LogP contribution in [-0.4, -0.2) is 31.8 Å². The summed E-state index contributed by atoms with van der Waals surface area (Å²) < 4.78 is 11.0. The maximum atomic E-state index is 12.1. The minimum atomic E-state index is -0.366. The Balaban J connectivity index is 1.94. The van der Waals surface area contributed by atoms with E-state index in [9.17, 15) is 10.1 Å². The van der Waals surface area contributed by atoms with Crippen molar-refractivity contribution < 1.29 is 14.3 Å². The van der Waals surface area contributed by atoms with Crippen LogP contribution in [0.5, 0.6) is 5.75 Å². The van der Waals surface area contributed by atoms with Crippen LogP contribution >= 0.6 is 0 Å². The molecule has 0 aliphatic carbocycles. The third kappa shape index (κ3) is 5.42. The number of nitrogens with one attached hydrogen (secondary N) is 1. The van der Waals surface area contributed by atoms with Crippen LogP contribution < -0.4 is 10.1 Å². The normalized spacial score (nSPS) is 17.6. The van der Waals surface area contributed by atoms with Crippen molar-refractivity contribution in [3.05, 3.63) is 35.4 Å². The quantitative estimate of drug-likeness (QED) is 0.620. The predicted octanol–water partition coefficient (Wildman–Crippen LogP) is 2.68. The second-order valence-electron chi connectivity index (χ2n) is 5.43. The minimum Gasteiger partial charge on any atom is -0.494 e. The first-order chi connectivity index (χ1) is 11.2. The Morgan fingerprint density at radius 3 is 2.87 bits per heavy atom. The van der Waals surface area contributed by atoms with Gasteiger partial charge in [-0.15, -0.1) is 0 Å². The summed E-state index contributed by atoms with van der Waals surface area (Å²) in [7, 11) is 0.